The molecule has 0 aliphatic heterocycles. The van der Waals surface area contributed by atoms with E-state index in [0.717, 1.165) is 11.4 Å². The minimum Gasteiger partial charge on any atom is -0.497 e. The van der Waals surface area contributed by atoms with Gasteiger partial charge in [-0.3, -0.25) is 4.79 Å². The molecule has 0 heterocycles. The van der Waals surface area contributed by atoms with Crippen LogP contribution in [-0.4, -0.2) is 25.1 Å². The second-order valence-corrected chi connectivity index (χ2v) is 5.21. The minimum absolute atomic E-state index is 0.0536. The summed E-state index contributed by atoms with van der Waals surface area (Å²) in [5, 5.41) is 6.12. The summed E-state index contributed by atoms with van der Waals surface area (Å²) in [6.45, 7) is 6.52. The molecule has 0 saturated heterocycles. The fourth-order valence-electron chi connectivity index (χ4n) is 1.53. The largest absolute Gasteiger partial charge is 0.497 e. The van der Waals surface area contributed by atoms with E-state index in [-0.39, 0.29) is 11.4 Å². The van der Waals surface area contributed by atoms with Crippen molar-refractivity contribution >= 4 is 11.6 Å². The van der Waals surface area contributed by atoms with E-state index in [4.69, 9.17) is 4.74 Å². The fraction of sp³-hybridized carbons (Fsp3) is 0.500. The van der Waals surface area contributed by atoms with Gasteiger partial charge in [0, 0.05) is 30.3 Å². The van der Waals surface area contributed by atoms with Crippen molar-refractivity contribution < 1.29 is 9.53 Å². The lowest BCUT2D eigenvalue weighted by molar-refractivity contribution is -0.122. The number of methoxy groups -OCH3 is 1. The predicted octanol–water partition coefficient (Wildman–Crippen LogP) is 2.41. The van der Waals surface area contributed by atoms with Crippen molar-refractivity contribution in [3.8, 4) is 5.75 Å². The van der Waals surface area contributed by atoms with Gasteiger partial charge in [0.2, 0.25) is 5.91 Å². The Balaban J connectivity index is 2.35. The van der Waals surface area contributed by atoms with Crippen molar-refractivity contribution in [1.82, 2.24) is 5.32 Å². The van der Waals surface area contributed by atoms with Gasteiger partial charge in [-0.05, 0) is 32.9 Å². The van der Waals surface area contributed by atoms with Gasteiger partial charge in [-0.15, -0.1) is 0 Å². The Labute approximate surface area is 109 Å². The molecule has 0 unspecified atom stereocenters. The normalized spacial score (nSPS) is 10.9. The molecule has 0 atom stereocenters. The highest BCUT2D eigenvalue weighted by Gasteiger charge is 2.12. The molecule has 1 aromatic rings. The maximum atomic E-state index is 11.6. The summed E-state index contributed by atoms with van der Waals surface area (Å²) >= 11 is 0. The number of nitrogens with one attached hydrogen (secondary N) is 2. The number of rotatable bonds is 5. The van der Waals surface area contributed by atoms with E-state index in [2.05, 4.69) is 10.6 Å². The first-order valence-corrected chi connectivity index (χ1v) is 6.09. The molecule has 0 aromatic heterocycles. The second-order valence-electron chi connectivity index (χ2n) is 5.21. The lowest BCUT2D eigenvalue weighted by Gasteiger charge is -2.20. The smallest absolute Gasteiger partial charge is 0.222 e. The van der Waals surface area contributed by atoms with E-state index < -0.39 is 0 Å². The highest BCUT2D eigenvalue weighted by atomic mass is 16.5. The van der Waals surface area contributed by atoms with Crippen LogP contribution in [0.2, 0.25) is 0 Å². The first kappa shape index (κ1) is 14.4. The van der Waals surface area contributed by atoms with Gasteiger partial charge in [0.1, 0.15) is 5.75 Å². The number of carbonyl (C=O) groups excluding carboxylic acids is 1. The molecule has 1 aromatic carbocycles. The zero-order chi connectivity index (χ0) is 13.6. The van der Waals surface area contributed by atoms with Gasteiger partial charge < -0.3 is 15.4 Å². The Morgan fingerprint density at radius 3 is 2.67 bits per heavy atom. The van der Waals surface area contributed by atoms with Gasteiger partial charge >= 0.3 is 0 Å². The third-order valence-corrected chi connectivity index (χ3v) is 2.27. The standard InChI is InChI=1S/C14H22N2O2/c1-14(2,3)16-13(17)8-9-15-11-6-5-7-12(10-11)18-4/h5-7,10,15H,8-9H2,1-4H3,(H,16,17). The van der Waals surface area contributed by atoms with E-state index in [0.29, 0.717) is 13.0 Å². The molecule has 0 fully saturated rings. The second kappa shape index (κ2) is 6.28. The lowest BCUT2D eigenvalue weighted by atomic mass is 10.1. The van der Waals surface area contributed by atoms with Gasteiger partial charge in [0.05, 0.1) is 7.11 Å². The fourth-order valence-corrected chi connectivity index (χ4v) is 1.53. The number of hydrogen-bond acceptors (Lipinski definition) is 3. The Hall–Kier alpha value is -1.71. The van der Waals surface area contributed by atoms with Crippen molar-refractivity contribution in [2.24, 2.45) is 0 Å². The predicted molar refractivity (Wildman–Crippen MR) is 74.0 cm³/mol. The number of carbonyl (C=O) groups is 1. The SMILES string of the molecule is COc1cccc(NCCC(=O)NC(C)(C)C)c1. The average molecular weight is 250 g/mol. The highest BCUT2D eigenvalue weighted by molar-refractivity contribution is 5.77. The van der Waals surface area contributed by atoms with E-state index in [1.54, 1.807) is 7.11 Å². The van der Waals surface area contributed by atoms with Gasteiger partial charge in [-0.2, -0.15) is 0 Å². The van der Waals surface area contributed by atoms with E-state index in [1.165, 1.54) is 0 Å². The molecule has 0 radical (unpaired) electrons. The first-order valence-electron chi connectivity index (χ1n) is 6.09. The van der Waals surface area contributed by atoms with Gasteiger partial charge in [0.15, 0.2) is 0 Å². The molecule has 100 valence electrons. The van der Waals surface area contributed by atoms with Crippen LogP contribution in [0.4, 0.5) is 5.69 Å². The molecule has 18 heavy (non-hydrogen) atoms. The summed E-state index contributed by atoms with van der Waals surface area (Å²) < 4.78 is 5.13. The third kappa shape index (κ3) is 5.57. The monoisotopic (exact) mass is 250 g/mol. The van der Waals surface area contributed by atoms with Crippen LogP contribution >= 0.6 is 0 Å². The van der Waals surface area contributed by atoms with E-state index in [9.17, 15) is 4.79 Å². The highest BCUT2D eigenvalue weighted by Crippen LogP contribution is 2.16. The molecule has 1 rings (SSSR count). The number of amides is 1. The van der Waals surface area contributed by atoms with Crippen LogP contribution in [0.1, 0.15) is 27.2 Å². The number of hydrogen-bond donors (Lipinski definition) is 2. The van der Waals surface area contributed by atoms with Crippen molar-refractivity contribution in [3.05, 3.63) is 24.3 Å². The van der Waals surface area contributed by atoms with Crippen LogP contribution < -0.4 is 15.4 Å². The molecule has 1 amide bonds. The van der Waals surface area contributed by atoms with Crippen LogP contribution in [-0.2, 0) is 4.79 Å². The van der Waals surface area contributed by atoms with Gasteiger partial charge in [-0.25, -0.2) is 0 Å². The number of benzene rings is 1. The van der Waals surface area contributed by atoms with E-state index >= 15 is 0 Å². The summed E-state index contributed by atoms with van der Waals surface area (Å²) in [5.41, 5.74) is 0.783. The van der Waals surface area contributed by atoms with Crippen LogP contribution in [0.3, 0.4) is 0 Å². The van der Waals surface area contributed by atoms with Crippen molar-refractivity contribution in [1.29, 1.82) is 0 Å². The third-order valence-electron chi connectivity index (χ3n) is 2.27. The van der Waals surface area contributed by atoms with E-state index in [1.807, 2.05) is 45.0 Å². The van der Waals surface area contributed by atoms with Crippen molar-refractivity contribution in [3.63, 3.8) is 0 Å². The van der Waals surface area contributed by atoms with Gasteiger partial charge in [-0.1, -0.05) is 6.07 Å². The van der Waals surface area contributed by atoms with Crippen LogP contribution in [0, 0.1) is 0 Å². The number of ether oxygens (including phenoxy) is 1. The quantitative estimate of drug-likeness (QED) is 0.843. The Bertz CT molecular complexity index is 397. The summed E-state index contributed by atoms with van der Waals surface area (Å²) in [7, 11) is 1.63. The molecule has 2 N–H and O–H groups in total. The number of anilines is 1. The zero-order valence-corrected chi connectivity index (χ0v) is 11.5. The Morgan fingerprint density at radius 1 is 1.33 bits per heavy atom. The maximum Gasteiger partial charge on any atom is 0.222 e. The molecular weight excluding hydrogens is 228 g/mol. The summed E-state index contributed by atoms with van der Waals surface area (Å²) in [4.78, 5) is 11.6. The minimum atomic E-state index is -0.174. The van der Waals surface area contributed by atoms with Gasteiger partial charge in [0.25, 0.3) is 0 Å². The first-order chi connectivity index (χ1) is 8.40. The van der Waals surface area contributed by atoms with Crippen molar-refractivity contribution in [2.45, 2.75) is 32.7 Å². The molecule has 4 nitrogen and oxygen atoms in total. The van der Waals surface area contributed by atoms with Crippen LogP contribution in [0.5, 0.6) is 5.75 Å². The Morgan fingerprint density at radius 2 is 2.06 bits per heavy atom. The molecular formula is C14H22N2O2. The van der Waals surface area contributed by atoms with Crippen LogP contribution in [0.15, 0.2) is 24.3 Å². The Kier molecular flexibility index (Phi) is 5.01. The summed E-state index contributed by atoms with van der Waals surface area (Å²) in [6, 6.07) is 7.65. The van der Waals surface area contributed by atoms with Crippen molar-refractivity contribution in [2.75, 3.05) is 19.0 Å². The molecule has 0 aliphatic rings. The molecule has 0 bridgehead atoms. The summed E-state index contributed by atoms with van der Waals surface area (Å²) in [5.74, 6) is 0.858. The topological polar surface area (TPSA) is 50.4 Å². The zero-order valence-electron chi connectivity index (χ0n) is 11.5. The summed E-state index contributed by atoms with van der Waals surface area (Å²) in [6.07, 6.45) is 0.453. The van der Waals surface area contributed by atoms with Crippen LogP contribution in [0.25, 0.3) is 0 Å². The molecule has 0 aliphatic carbocycles. The molecule has 0 saturated carbocycles. The molecule has 0 spiro atoms. The average Bonchev–Trinajstić information content (AvgIpc) is 2.27. The maximum absolute atomic E-state index is 11.6. The lowest BCUT2D eigenvalue weighted by Crippen LogP contribution is -2.41. The molecule has 4 heteroatoms.